The van der Waals surface area contributed by atoms with Gasteiger partial charge in [0, 0.05) is 18.5 Å². The first-order valence-corrected chi connectivity index (χ1v) is 6.84. The van der Waals surface area contributed by atoms with Crippen LogP contribution in [0.2, 0.25) is 0 Å². The number of aryl methyl sites for hydroxylation is 1. The number of amides is 1. The van der Waals surface area contributed by atoms with Gasteiger partial charge in [-0.2, -0.15) is 0 Å². The SMILES string of the molecule is Cc1cc(F)ccc1CNC1CCC(C(N)=O)CC1. The molecule has 0 saturated heterocycles. The maximum Gasteiger partial charge on any atom is 0.220 e. The number of carbonyl (C=O) groups excluding carboxylic acids is 1. The monoisotopic (exact) mass is 264 g/mol. The summed E-state index contributed by atoms with van der Waals surface area (Å²) in [6, 6.07) is 5.31. The van der Waals surface area contributed by atoms with E-state index in [4.69, 9.17) is 5.73 Å². The van der Waals surface area contributed by atoms with Crippen LogP contribution in [0, 0.1) is 18.7 Å². The predicted molar refractivity (Wildman–Crippen MR) is 72.9 cm³/mol. The minimum atomic E-state index is -0.191. The van der Waals surface area contributed by atoms with E-state index in [1.807, 2.05) is 13.0 Å². The number of hydrogen-bond acceptors (Lipinski definition) is 2. The number of nitrogens with one attached hydrogen (secondary N) is 1. The molecule has 0 bridgehead atoms. The first kappa shape index (κ1) is 14.0. The Morgan fingerprint density at radius 2 is 2.05 bits per heavy atom. The number of benzene rings is 1. The maximum absolute atomic E-state index is 13.0. The van der Waals surface area contributed by atoms with Crippen molar-refractivity contribution in [3.63, 3.8) is 0 Å². The number of hydrogen-bond donors (Lipinski definition) is 2. The van der Waals surface area contributed by atoms with E-state index >= 15 is 0 Å². The summed E-state index contributed by atoms with van der Waals surface area (Å²) < 4.78 is 13.0. The van der Waals surface area contributed by atoms with Crippen LogP contribution in [0.4, 0.5) is 4.39 Å². The lowest BCUT2D eigenvalue weighted by Crippen LogP contribution is -2.36. The normalized spacial score (nSPS) is 23.3. The van der Waals surface area contributed by atoms with Gasteiger partial charge in [-0.3, -0.25) is 4.79 Å². The molecule has 0 unspecified atom stereocenters. The minimum absolute atomic E-state index is 0.0469. The summed E-state index contributed by atoms with van der Waals surface area (Å²) in [4.78, 5) is 11.1. The highest BCUT2D eigenvalue weighted by molar-refractivity contribution is 5.76. The molecule has 19 heavy (non-hydrogen) atoms. The molecule has 0 aliphatic heterocycles. The van der Waals surface area contributed by atoms with Crippen LogP contribution in [0.5, 0.6) is 0 Å². The standard InChI is InChI=1S/C15H21FN2O/c1-10-8-13(16)5-2-12(10)9-18-14-6-3-11(4-7-14)15(17)19/h2,5,8,11,14,18H,3-4,6-7,9H2,1H3,(H2,17,19). The molecule has 3 N–H and O–H groups in total. The number of primary amides is 1. The third-order valence-electron chi connectivity index (χ3n) is 4.02. The highest BCUT2D eigenvalue weighted by Gasteiger charge is 2.24. The Morgan fingerprint density at radius 3 is 2.63 bits per heavy atom. The Morgan fingerprint density at radius 1 is 1.37 bits per heavy atom. The van der Waals surface area contributed by atoms with Gasteiger partial charge in [-0.25, -0.2) is 4.39 Å². The summed E-state index contributed by atoms with van der Waals surface area (Å²) in [5, 5.41) is 3.48. The zero-order chi connectivity index (χ0) is 13.8. The van der Waals surface area contributed by atoms with Crippen molar-refractivity contribution in [1.82, 2.24) is 5.32 Å². The van der Waals surface area contributed by atoms with Gasteiger partial charge in [0.15, 0.2) is 0 Å². The molecular formula is C15H21FN2O. The van der Waals surface area contributed by atoms with Gasteiger partial charge >= 0.3 is 0 Å². The second-order valence-corrected chi connectivity index (χ2v) is 5.40. The van der Waals surface area contributed by atoms with Crippen molar-refractivity contribution in [3.05, 3.63) is 35.1 Å². The van der Waals surface area contributed by atoms with Crippen molar-refractivity contribution < 1.29 is 9.18 Å². The molecule has 1 fully saturated rings. The summed E-state index contributed by atoms with van der Waals surface area (Å²) in [6.45, 7) is 2.67. The first-order chi connectivity index (χ1) is 9.06. The molecule has 0 atom stereocenters. The summed E-state index contributed by atoms with van der Waals surface area (Å²) in [7, 11) is 0. The Hall–Kier alpha value is -1.42. The van der Waals surface area contributed by atoms with E-state index in [0.29, 0.717) is 6.04 Å². The van der Waals surface area contributed by atoms with Crippen LogP contribution in [0.1, 0.15) is 36.8 Å². The van der Waals surface area contributed by atoms with Gasteiger partial charge in [-0.05, 0) is 55.9 Å². The smallest absolute Gasteiger partial charge is 0.220 e. The molecular weight excluding hydrogens is 243 g/mol. The lowest BCUT2D eigenvalue weighted by atomic mass is 9.85. The third-order valence-corrected chi connectivity index (χ3v) is 4.02. The Balaban J connectivity index is 1.82. The van der Waals surface area contributed by atoms with Crippen molar-refractivity contribution >= 4 is 5.91 Å². The highest BCUT2D eigenvalue weighted by Crippen LogP contribution is 2.24. The minimum Gasteiger partial charge on any atom is -0.369 e. The molecule has 1 aromatic rings. The second kappa shape index (κ2) is 6.15. The van der Waals surface area contributed by atoms with Gasteiger partial charge < -0.3 is 11.1 Å². The average Bonchev–Trinajstić information content (AvgIpc) is 2.38. The fourth-order valence-electron chi connectivity index (χ4n) is 2.69. The zero-order valence-electron chi connectivity index (χ0n) is 11.3. The van der Waals surface area contributed by atoms with Gasteiger partial charge in [0.1, 0.15) is 5.82 Å². The molecule has 0 radical (unpaired) electrons. The molecule has 1 aliphatic carbocycles. The molecule has 2 rings (SSSR count). The molecule has 104 valence electrons. The van der Waals surface area contributed by atoms with Crippen molar-refractivity contribution in [2.24, 2.45) is 11.7 Å². The fourth-order valence-corrected chi connectivity index (χ4v) is 2.69. The van der Waals surface area contributed by atoms with Gasteiger partial charge in [0.05, 0.1) is 0 Å². The number of halogens is 1. The van der Waals surface area contributed by atoms with Crippen LogP contribution < -0.4 is 11.1 Å². The Labute approximate surface area is 113 Å². The van der Waals surface area contributed by atoms with E-state index in [1.54, 1.807) is 6.07 Å². The van der Waals surface area contributed by atoms with Gasteiger partial charge in [0.2, 0.25) is 5.91 Å². The van der Waals surface area contributed by atoms with Crippen LogP contribution in [0.25, 0.3) is 0 Å². The largest absolute Gasteiger partial charge is 0.369 e. The maximum atomic E-state index is 13.0. The molecule has 0 aromatic heterocycles. The summed E-state index contributed by atoms with van der Waals surface area (Å²) in [5.74, 6) is -0.318. The Kier molecular flexibility index (Phi) is 4.53. The van der Waals surface area contributed by atoms with Gasteiger partial charge in [-0.15, -0.1) is 0 Å². The van der Waals surface area contributed by atoms with Gasteiger partial charge in [-0.1, -0.05) is 6.07 Å². The summed E-state index contributed by atoms with van der Waals surface area (Å²) >= 11 is 0. The van der Waals surface area contributed by atoms with E-state index in [-0.39, 0.29) is 17.6 Å². The molecule has 4 heteroatoms. The zero-order valence-corrected chi connectivity index (χ0v) is 11.3. The highest BCUT2D eigenvalue weighted by atomic mass is 19.1. The number of rotatable bonds is 4. The van der Waals surface area contributed by atoms with E-state index in [0.717, 1.165) is 43.4 Å². The van der Waals surface area contributed by atoms with Crippen LogP contribution in [-0.4, -0.2) is 11.9 Å². The van der Waals surface area contributed by atoms with Crippen molar-refractivity contribution in [2.45, 2.75) is 45.2 Å². The van der Waals surface area contributed by atoms with E-state index in [1.165, 1.54) is 6.07 Å². The Bertz CT molecular complexity index is 453. The fraction of sp³-hybridized carbons (Fsp3) is 0.533. The van der Waals surface area contributed by atoms with Crippen LogP contribution in [0.3, 0.4) is 0 Å². The molecule has 1 aliphatic rings. The van der Waals surface area contributed by atoms with Crippen LogP contribution in [-0.2, 0) is 11.3 Å². The van der Waals surface area contributed by atoms with Gasteiger partial charge in [0.25, 0.3) is 0 Å². The van der Waals surface area contributed by atoms with Crippen molar-refractivity contribution in [3.8, 4) is 0 Å². The molecule has 0 heterocycles. The first-order valence-electron chi connectivity index (χ1n) is 6.84. The molecule has 1 saturated carbocycles. The predicted octanol–water partition coefficient (Wildman–Crippen LogP) is 2.27. The second-order valence-electron chi connectivity index (χ2n) is 5.40. The molecule has 1 amide bonds. The number of carbonyl (C=O) groups is 1. The summed E-state index contributed by atoms with van der Waals surface area (Å²) in [5.41, 5.74) is 7.41. The lowest BCUT2D eigenvalue weighted by molar-refractivity contribution is -0.122. The van der Waals surface area contributed by atoms with E-state index in [2.05, 4.69) is 5.32 Å². The quantitative estimate of drug-likeness (QED) is 0.876. The van der Waals surface area contributed by atoms with Crippen molar-refractivity contribution in [1.29, 1.82) is 0 Å². The lowest BCUT2D eigenvalue weighted by Gasteiger charge is -2.27. The average molecular weight is 264 g/mol. The van der Waals surface area contributed by atoms with Crippen LogP contribution in [0.15, 0.2) is 18.2 Å². The van der Waals surface area contributed by atoms with Crippen molar-refractivity contribution in [2.75, 3.05) is 0 Å². The van der Waals surface area contributed by atoms with Crippen LogP contribution >= 0.6 is 0 Å². The topological polar surface area (TPSA) is 55.1 Å². The summed E-state index contributed by atoms with van der Waals surface area (Å²) in [6.07, 6.45) is 3.70. The molecule has 1 aromatic carbocycles. The third kappa shape index (κ3) is 3.77. The molecule has 3 nitrogen and oxygen atoms in total. The number of nitrogens with two attached hydrogens (primary N) is 1. The van der Waals surface area contributed by atoms with E-state index < -0.39 is 0 Å². The molecule has 0 spiro atoms. The van der Waals surface area contributed by atoms with E-state index in [9.17, 15) is 9.18 Å².